The van der Waals surface area contributed by atoms with Gasteiger partial charge in [0.2, 0.25) is 0 Å². The van der Waals surface area contributed by atoms with Crippen molar-refractivity contribution >= 4 is 54.7 Å². The number of nitro benzene ring substituents is 1. The third-order valence-corrected chi connectivity index (χ3v) is 7.65. The van der Waals surface area contributed by atoms with E-state index in [4.69, 9.17) is 9.72 Å². The van der Waals surface area contributed by atoms with Gasteiger partial charge in [0, 0.05) is 32.6 Å². The lowest BCUT2D eigenvalue weighted by atomic mass is 9.88. The van der Waals surface area contributed by atoms with Gasteiger partial charge >= 0.3 is 0 Å². The largest absolute Gasteiger partial charge is 0.488 e. The van der Waals surface area contributed by atoms with E-state index in [-0.39, 0.29) is 23.8 Å². The zero-order valence-electron chi connectivity index (χ0n) is 20.3. The van der Waals surface area contributed by atoms with Crippen LogP contribution in [0, 0.1) is 10.1 Å². The maximum absolute atomic E-state index is 13.6. The van der Waals surface area contributed by atoms with Gasteiger partial charge in [-0.3, -0.25) is 14.9 Å². The lowest BCUT2D eigenvalue weighted by Gasteiger charge is -2.22. The summed E-state index contributed by atoms with van der Waals surface area (Å²) >= 11 is 6.85. The molecule has 194 valence electrons. The summed E-state index contributed by atoms with van der Waals surface area (Å²) in [5.74, 6) is 1.15. The monoisotopic (exact) mass is 638 g/mol. The molecule has 10 heteroatoms. The number of rotatable bonds is 7. The molecule has 1 saturated carbocycles. The standard InChI is InChI=1S/C28H24Br2N4O4/c29-21-8-6-18(7-9-21)17-38-26-13-11-23(34(36)37)14-20(26)16-31-33-27(19-4-2-1-3-5-19)32-25-12-10-22(30)15-24(25)28(33)35/h6-16,19H,1-5,17H2. The van der Waals surface area contributed by atoms with Crippen LogP contribution in [0.3, 0.4) is 0 Å². The highest BCUT2D eigenvalue weighted by Gasteiger charge is 2.23. The van der Waals surface area contributed by atoms with E-state index in [2.05, 4.69) is 37.0 Å². The van der Waals surface area contributed by atoms with E-state index in [0.29, 0.717) is 28.0 Å². The maximum Gasteiger partial charge on any atom is 0.282 e. The number of non-ortho nitro benzene ring substituents is 1. The quantitative estimate of drug-likeness (QED) is 0.120. The number of nitro groups is 1. The Morgan fingerprint density at radius 2 is 1.76 bits per heavy atom. The van der Waals surface area contributed by atoms with Crippen LogP contribution >= 0.6 is 31.9 Å². The molecule has 1 fully saturated rings. The molecule has 0 amide bonds. The summed E-state index contributed by atoms with van der Waals surface area (Å²) in [7, 11) is 0. The minimum Gasteiger partial charge on any atom is -0.488 e. The summed E-state index contributed by atoms with van der Waals surface area (Å²) in [5.41, 5.74) is 1.58. The van der Waals surface area contributed by atoms with Crippen molar-refractivity contribution < 1.29 is 9.66 Å². The first-order valence-electron chi connectivity index (χ1n) is 12.3. The van der Waals surface area contributed by atoms with Crippen LogP contribution in [-0.2, 0) is 6.61 Å². The molecule has 0 radical (unpaired) electrons. The van der Waals surface area contributed by atoms with Crippen LogP contribution in [0.1, 0.15) is 55.0 Å². The lowest BCUT2D eigenvalue weighted by Crippen LogP contribution is -2.25. The van der Waals surface area contributed by atoms with E-state index in [1.807, 2.05) is 36.4 Å². The van der Waals surface area contributed by atoms with Crippen molar-refractivity contribution in [3.63, 3.8) is 0 Å². The van der Waals surface area contributed by atoms with Gasteiger partial charge in [0.1, 0.15) is 18.2 Å². The van der Waals surface area contributed by atoms with Gasteiger partial charge in [0.25, 0.3) is 11.2 Å². The zero-order valence-corrected chi connectivity index (χ0v) is 23.5. The van der Waals surface area contributed by atoms with Crippen LogP contribution in [0.15, 0.2) is 79.5 Å². The molecule has 4 aromatic rings. The Kier molecular flexibility index (Phi) is 7.99. The Morgan fingerprint density at radius 3 is 2.50 bits per heavy atom. The molecule has 5 rings (SSSR count). The summed E-state index contributed by atoms with van der Waals surface area (Å²) < 4.78 is 9.09. The Morgan fingerprint density at radius 1 is 1.03 bits per heavy atom. The Bertz CT molecular complexity index is 1580. The number of benzene rings is 3. The molecule has 0 N–H and O–H groups in total. The van der Waals surface area contributed by atoms with Crippen molar-refractivity contribution in [1.82, 2.24) is 9.66 Å². The van der Waals surface area contributed by atoms with Crippen LogP contribution in [0.25, 0.3) is 10.9 Å². The number of halogens is 2. The Hall–Kier alpha value is -3.37. The Balaban J connectivity index is 1.56. The molecule has 38 heavy (non-hydrogen) atoms. The van der Waals surface area contributed by atoms with E-state index < -0.39 is 4.92 Å². The first kappa shape index (κ1) is 26.2. The van der Waals surface area contributed by atoms with Crippen LogP contribution in [-0.4, -0.2) is 20.8 Å². The molecular formula is C28H24Br2N4O4. The van der Waals surface area contributed by atoms with Gasteiger partial charge in [-0.2, -0.15) is 9.78 Å². The van der Waals surface area contributed by atoms with Crippen molar-refractivity contribution in [2.75, 3.05) is 0 Å². The highest BCUT2D eigenvalue weighted by Crippen LogP contribution is 2.32. The SMILES string of the molecule is O=c1c2cc(Br)ccc2nc(C2CCCCC2)n1N=Cc1cc([N+](=O)[O-])ccc1OCc1ccc(Br)cc1. The molecule has 8 nitrogen and oxygen atoms in total. The van der Waals surface area contributed by atoms with E-state index in [1.54, 1.807) is 12.1 Å². The smallest absolute Gasteiger partial charge is 0.282 e. The van der Waals surface area contributed by atoms with Gasteiger partial charge in [-0.1, -0.05) is 63.3 Å². The first-order chi connectivity index (χ1) is 18.4. The van der Waals surface area contributed by atoms with Crippen LogP contribution in [0.2, 0.25) is 0 Å². The van der Waals surface area contributed by atoms with Gasteiger partial charge in [-0.05, 0) is 54.8 Å². The van der Waals surface area contributed by atoms with Crippen molar-refractivity contribution in [1.29, 1.82) is 0 Å². The van der Waals surface area contributed by atoms with Gasteiger partial charge in [0.15, 0.2) is 0 Å². The predicted molar refractivity (Wildman–Crippen MR) is 154 cm³/mol. The third-order valence-electron chi connectivity index (χ3n) is 6.63. The van der Waals surface area contributed by atoms with Crippen molar-refractivity contribution in [3.8, 4) is 5.75 Å². The summed E-state index contributed by atoms with van der Waals surface area (Å²) in [6, 6.07) is 17.5. The molecule has 1 aromatic heterocycles. The van der Waals surface area contributed by atoms with Crippen molar-refractivity contribution in [2.45, 2.75) is 44.6 Å². The van der Waals surface area contributed by atoms with E-state index in [9.17, 15) is 14.9 Å². The summed E-state index contributed by atoms with van der Waals surface area (Å²) in [6.07, 6.45) is 6.62. The lowest BCUT2D eigenvalue weighted by molar-refractivity contribution is -0.384. The average Bonchev–Trinajstić information content (AvgIpc) is 2.93. The van der Waals surface area contributed by atoms with Crippen LogP contribution in [0.5, 0.6) is 5.75 Å². The molecule has 0 aliphatic heterocycles. The molecule has 0 unspecified atom stereocenters. The summed E-state index contributed by atoms with van der Waals surface area (Å²) in [4.78, 5) is 29.5. The molecule has 0 spiro atoms. The summed E-state index contributed by atoms with van der Waals surface area (Å²) in [5, 5.41) is 16.5. The van der Waals surface area contributed by atoms with Gasteiger partial charge < -0.3 is 4.74 Å². The predicted octanol–water partition coefficient (Wildman–Crippen LogP) is 7.34. The van der Waals surface area contributed by atoms with Crippen LogP contribution in [0.4, 0.5) is 5.69 Å². The second kappa shape index (κ2) is 11.6. The first-order valence-corrected chi connectivity index (χ1v) is 13.9. The fourth-order valence-electron chi connectivity index (χ4n) is 4.65. The van der Waals surface area contributed by atoms with E-state index in [1.165, 1.54) is 23.0 Å². The normalized spacial score (nSPS) is 14.3. The number of ether oxygens (including phenoxy) is 1. The molecule has 0 saturated heterocycles. The minimum atomic E-state index is -0.468. The number of nitrogens with zero attached hydrogens (tertiary/aromatic N) is 4. The number of fused-ring (bicyclic) bond motifs is 1. The highest BCUT2D eigenvalue weighted by atomic mass is 79.9. The van der Waals surface area contributed by atoms with Crippen molar-refractivity contribution in [3.05, 3.63) is 107 Å². The van der Waals surface area contributed by atoms with E-state index >= 15 is 0 Å². The number of hydrogen-bond acceptors (Lipinski definition) is 6. The molecule has 1 aliphatic carbocycles. The number of hydrogen-bond donors (Lipinski definition) is 0. The molecule has 3 aromatic carbocycles. The fraction of sp³-hybridized carbons (Fsp3) is 0.250. The van der Waals surface area contributed by atoms with Gasteiger partial charge in [0.05, 0.1) is 22.0 Å². The molecule has 1 aliphatic rings. The Labute approximate surface area is 235 Å². The second-order valence-corrected chi connectivity index (χ2v) is 11.1. The minimum absolute atomic E-state index is 0.0946. The second-order valence-electron chi connectivity index (χ2n) is 9.22. The van der Waals surface area contributed by atoms with Crippen molar-refractivity contribution in [2.24, 2.45) is 5.10 Å². The molecule has 0 bridgehead atoms. The van der Waals surface area contributed by atoms with E-state index in [0.717, 1.165) is 46.6 Å². The number of aromatic nitrogens is 2. The third kappa shape index (κ3) is 5.86. The van der Waals surface area contributed by atoms with Crippen LogP contribution < -0.4 is 10.3 Å². The maximum atomic E-state index is 13.6. The molecule has 0 atom stereocenters. The topological polar surface area (TPSA) is 99.6 Å². The molecular weight excluding hydrogens is 616 g/mol. The average molecular weight is 640 g/mol. The highest BCUT2D eigenvalue weighted by molar-refractivity contribution is 9.10. The summed E-state index contributed by atoms with van der Waals surface area (Å²) in [6.45, 7) is 0.269. The molecule has 1 heterocycles. The fourth-order valence-corrected chi connectivity index (χ4v) is 5.27. The van der Waals surface area contributed by atoms with Gasteiger partial charge in [-0.15, -0.1) is 0 Å². The zero-order chi connectivity index (χ0) is 26.6. The van der Waals surface area contributed by atoms with Gasteiger partial charge in [-0.25, -0.2) is 4.98 Å².